The molecule has 0 heterocycles. The van der Waals surface area contributed by atoms with Crippen LogP contribution in [-0.2, 0) is 10.4 Å². The summed E-state index contributed by atoms with van der Waals surface area (Å²) in [5, 5.41) is 2.83. The summed E-state index contributed by atoms with van der Waals surface area (Å²) >= 11 is 0. The highest BCUT2D eigenvalue weighted by Crippen LogP contribution is 2.42. The predicted octanol–water partition coefficient (Wildman–Crippen LogP) is 9.74. The fraction of sp³-hybridized carbons (Fsp3) is 0.455. The quantitative estimate of drug-likeness (QED) is 0.160. The summed E-state index contributed by atoms with van der Waals surface area (Å²) in [6.07, 6.45) is 16.2. The van der Waals surface area contributed by atoms with E-state index in [-0.39, 0.29) is 11.6 Å². The van der Waals surface area contributed by atoms with E-state index in [1.54, 1.807) is 30.4 Å². The summed E-state index contributed by atoms with van der Waals surface area (Å²) in [5.74, 6) is -0.0838. The molecular weight excluding hydrogens is 466 g/mol. The van der Waals surface area contributed by atoms with Crippen LogP contribution >= 0.6 is 0 Å². The summed E-state index contributed by atoms with van der Waals surface area (Å²) in [6, 6.07) is 12.8. The number of unbranched alkanes of at least 4 members (excludes halogenated alkanes) is 7. The molecule has 0 spiro atoms. The van der Waals surface area contributed by atoms with E-state index >= 15 is 8.78 Å². The lowest BCUT2D eigenvalue weighted by atomic mass is 9.83. The van der Waals surface area contributed by atoms with Crippen LogP contribution in [0.15, 0.2) is 66.8 Å². The average Bonchev–Trinajstić information content (AvgIpc) is 2.92. The van der Waals surface area contributed by atoms with Crippen molar-refractivity contribution < 1.29 is 18.3 Å². The molecule has 0 fully saturated rings. The van der Waals surface area contributed by atoms with E-state index in [2.05, 4.69) is 13.8 Å². The minimum absolute atomic E-state index is 0.275. The van der Waals surface area contributed by atoms with E-state index in [9.17, 15) is 0 Å². The molecule has 198 valence electrons. The van der Waals surface area contributed by atoms with Gasteiger partial charge in [0.2, 0.25) is 0 Å². The molecule has 1 aliphatic rings. The molecule has 0 saturated carbocycles. The SMILES string of the molecule is CCCCCCCOc1ccc2c(ccc3c(C4(F)C=CC=CC4OCCCCCC)cccc32)c1F. The molecule has 3 aromatic carbocycles. The van der Waals surface area contributed by atoms with Gasteiger partial charge in [0.05, 0.1) is 6.61 Å². The van der Waals surface area contributed by atoms with Crippen LogP contribution in [-0.4, -0.2) is 19.3 Å². The lowest BCUT2D eigenvalue weighted by Crippen LogP contribution is -2.36. The van der Waals surface area contributed by atoms with Gasteiger partial charge >= 0.3 is 0 Å². The Hall–Kier alpha value is -2.72. The Morgan fingerprint density at radius 1 is 0.730 bits per heavy atom. The van der Waals surface area contributed by atoms with Crippen LogP contribution in [0.5, 0.6) is 5.75 Å². The Morgan fingerprint density at radius 2 is 1.41 bits per heavy atom. The Kier molecular flexibility index (Phi) is 9.74. The predicted molar refractivity (Wildman–Crippen MR) is 151 cm³/mol. The molecule has 1 aliphatic carbocycles. The monoisotopic (exact) mass is 506 g/mol. The highest BCUT2D eigenvalue weighted by Gasteiger charge is 2.40. The molecule has 2 unspecified atom stereocenters. The van der Waals surface area contributed by atoms with Crippen molar-refractivity contribution in [3.63, 3.8) is 0 Å². The normalized spacial score (nSPS) is 19.2. The first-order valence-electron chi connectivity index (χ1n) is 14.0. The molecule has 4 rings (SSSR count). The smallest absolute Gasteiger partial charge is 0.184 e. The molecule has 3 aromatic rings. The zero-order chi connectivity index (χ0) is 26.1. The Labute approximate surface area is 220 Å². The minimum Gasteiger partial charge on any atom is -0.490 e. The molecule has 37 heavy (non-hydrogen) atoms. The average molecular weight is 507 g/mol. The van der Waals surface area contributed by atoms with Crippen LogP contribution in [0.25, 0.3) is 21.5 Å². The van der Waals surface area contributed by atoms with E-state index in [1.165, 1.54) is 19.3 Å². The van der Waals surface area contributed by atoms with Crippen molar-refractivity contribution in [1.29, 1.82) is 0 Å². The molecule has 0 saturated heterocycles. The molecule has 0 N–H and O–H groups in total. The summed E-state index contributed by atoms with van der Waals surface area (Å²) in [7, 11) is 0. The highest BCUT2D eigenvalue weighted by atomic mass is 19.1. The fourth-order valence-corrected chi connectivity index (χ4v) is 5.20. The van der Waals surface area contributed by atoms with E-state index in [4.69, 9.17) is 9.47 Å². The van der Waals surface area contributed by atoms with Crippen molar-refractivity contribution in [2.24, 2.45) is 0 Å². The summed E-state index contributed by atoms with van der Waals surface area (Å²) in [6.45, 7) is 5.38. The second-order valence-electron chi connectivity index (χ2n) is 10.1. The Balaban J connectivity index is 1.59. The van der Waals surface area contributed by atoms with Gasteiger partial charge in [0.25, 0.3) is 0 Å². The third-order valence-corrected chi connectivity index (χ3v) is 7.32. The van der Waals surface area contributed by atoms with Gasteiger partial charge < -0.3 is 9.47 Å². The van der Waals surface area contributed by atoms with Gasteiger partial charge in [0, 0.05) is 17.6 Å². The van der Waals surface area contributed by atoms with Crippen LogP contribution in [0.1, 0.15) is 77.2 Å². The third-order valence-electron chi connectivity index (χ3n) is 7.32. The maximum atomic E-state index is 16.7. The van der Waals surface area contributed by atoms with Crippen LogP contribution in [0.2, 0.25) is 0 Å². The van der Waals surface area contributed by atoms with Crippen molar-refractivity contribution in [3.05, 3.63) is 78.1 Å². The molecule has 4 heteroatoms. The van der Waals surface area contributed by atoms with Crippen LogP contribution in [0, 0.1) is 5.82 Å². The largest absolute Gasteiger partial charge is 0.490 e. The molecule has 0 aromatic heterocycles. The van der Waals surface area contributed by atoms with Gasteiger partial charge in [-0.3, -0.25) is 0 Å². The zero-order valence-electron chi connectivity index (χ0n) is 22.3. The minimum atomic E-state index is -1.80. The van der Waals surface area contributed by atoms with E-state index in [1.807, 2.05) is 36.4 Å². The number of hydrogen-bond donors (Lipinski definition) is 0. The van der Waals surface area contributed by atoms with Gasteiger partial charge in [-0.1, -0.05) is 107 Å². The van der Waals surface area contributed by atoms with Crippen molar-refractivity contribution >= 4 is 21.5 Å². The lowest BCUT2D eigenvalue weighted by Gasteiger charge is -2.32. The number of hydrogen-bond acceptors (Lipinski definition) is 2. The molecule has 0 amide bonds. The lowest BCUT2D eigenvalue weighted by molar-refractivity contribution is -0.0128. The van der Waals surface area contributed by atoms with Gasteiger partial charge in [-0.25, -0.2) is 8.78 Å². The van der Waals surface area contributed by atoms with Gasteiger partial charge in [-0.2, -0.15) is 0 Å². The first-order chi connectivity index (χ1) is 18.1. The number of rotatable bonds is 14. The van der Waals surface area contributed by atoms with Gasteiger partial charge in [-0.05, 0) is 47.2 Å². The van der Waals surface area contributed by atoms with Crippen molar-refractivity contribution in [1.82, 2.24) is 0 Å². The van der Waals surface area contributed by atoms with E-state index in [0.29, 0.717) is 24.2 Å². The van der Waals surface area contributed by atoms with E-state index < -0.39 is 11.8 Å². The summed E-state index contributed by atoms with van der Waals surface area (Å²) in [5.41, 5.74) is -1.26. The number of halogens is 2. The first kappa shape index (κ1) is 27.3. The number of benzene rings is 3. The number of ether oxygens (including phenoxy) is 2. The second-order valence-corrected chi connectivity index (χ2v) is 10.1. The highest BCUT2D eigenvalue weighted by molar-refractivity contribution is 6.09. The van der Waals surface area contributed by atoms with Crippen molar-refractivity contribution in [2.45, 2.75) is 83.4 Å². The third kappa shape index (κ3) is 6.23. The summed E-state index contributed by atoms with van der Waals surface area (Å²) in [4.78, 5) is 0. The number of allylic oxidation sites excluding steroid dienone is 2. The molecular formula is C33H40F2O2. The topological polar surface area (TPSA) is 18.5 Å². The van der Waals surface area contributed by atoms with Crippen LogP contribution < -0.4 is 4.74 Å². The summed E-state index contributed by atoms with van der Waals surface area (Å²) < 4.78 is 43.9. The van der Waals surface area contributed by atoms with Gasteiger partial charge in [0.1, 0.15) is 6.10 Å². The molecule has 0 aliphatic heterocycles. The van der Waals surface area contributed by atoms with Crippen molar-refractivity contribution in [2.75, 3.05) is 13.2 Å². The maximum absolute atomic E-state index is 16.7. The van der Waals surface area contributed by atoms with E-state index in [0.717, 1.165) is 54.7 Å². The molecule has 2 atom stereocenters. The first-order valence-corrected chi connectivity index (χ1v) is 14.0. The fourth-order valence-electron chi connectivity index (χ4n) is 5.20. The standard InChI is InChI=1S/C33H40F2O2/c1-3-5-7-9-13-23-36-30-21-20-26-25-15-14-16-29(27(25)18-19-28(26)32(30)34)33(35)22-11-10-17-31(33)37-24-12-8-6-4-2/h10-11,14-22,31H,3-9,12-13,23-24H2,1-2H3. The van der Waals surface area contributed by atoms with Gasteiger partial charge in [-0.15, -0.1) is 0 Å². The molecule has 0 radical (unpaired) electrons. The number of alkyl halides is 1. The number of fused-ring (bicyclic) bond motifs is 3. The van der Waals surface area contributed by atoms with Gasteiger partial charge in [0.15, 0.2) is 17.2 Å². The zero-order valence-corrected chi connectivity index (χ0v) is 22.3. The van der Waals surface area contributed by atoms with Crippen molar-refractivity contribution in [3.8, 4) is 5.75 Å². The molecule has 2 nitrogen and oxygen atoms in total. The van der Waals surface area contributed by atoms with Crippen LogP contribution in [0.3, 0.4) is 0 Å². The molecule has 0 bridgehead atoms. The Morgan fingerprint density at radius 3 is 2.22 bits per heavy atom. The maximum Gasteiger partial charge on any atom is 0.184 e. The Bertz CT molecular complexity index is 1230. The van der Waals surface area contributed by atoms with Crippen LogP contribution in [0.4, 0.5) is 8.78 Å². The second kappa shape index (κ2) is 13.2.